The number of amides is 2. The third-order valence-corrected chi connectivity index (χ3v) is 4.82. The number of methoxy groups -OCH3 is 1. The summed E-state index contributed by atoms with van der Waals surface area (Å²) < 4.78 is 7.09. The van der Waals surface area contributed by atoms with Gasteiger partial charge in [-0.2, -0.15) is 0 Å². The minimum atomic E-state index is -0.482. The van der Waals surface area contributed by atoms with Crippen LogP contribution in [-0.2, 0) is 9.59 Å². The highest BCUT2D eigenvalue weighted by atomic mass is 127. The SMILES string of the molecule is COc1c(I)cc(/C=C2\C(=O)NC(=S)N(C)C2=O)cc1I. The smallest absolute Gasteiger partial charge is 0.265 e. The van der Waals surface area contributed by atoms with Gasteiger partial charge in [-0.3, -0.25) is 19.8 Å². The van der Waals surface area contributed by atoms with Crippen LogP contribution < -0.4 is 10.1 Å². The summed E-state index contributed by atoms with van der Waals surface area (Å²) in [5.74, 6) is -0.121. The molecule has 2 rings (SSSR count). The van der Waals surface area contributed by atoms with Crippen molar-refractivity contribution < 1.29 is 14.3 Å². The number of thiocarbonyl (C=S) groups is 1. The molecule has 2 amide bonds. The Bertz CT molecular complexity index is 665. The first kappa shape index (κ1) is 16.6. The molecule has 1 aliphatic heterocycles. The van der Waals surface area contributed by atoms with Crippen LogP contribution in [0.3, 0.4) is 0 Å². The molecule has 0 atom stereocenters. The summed E-state index contributed by atoms with van der Waals surface area (Å²) in [5, 5.41) is 2.59. The summed E-state index contributed by atoms with van der Waals surface area (Å²) in [4.78, 5) is 25.3. The van der Waals surface area contributed by atoms with Crippen molar-refractivity contribution in [2.45, 2.75) is 0 Å². The monoisotopic (exact) mass is 528 g/mol. The van der Waals surface area contributed by atoms with Crippen molar-refractivity contribution in [3.05, 3.63) is 30.4 Å². The van der Waals surface area contributed by atoms with Crippen LogP contribution in [0.4, 0.5) is 0 Å². The number of carbonyl (C=O) groups excluding carboxylic acids is 2. The van der Waals surface area contributed by atoms with Gasteiger partial charge in [0.25, 0.3) is 11.8 Å². The van der Waals surface area contributed by atoms with Crippen molar-refractivity contribution in [2.24, 2.45) is 0 Å². The Morgan fingerprint density at radius 2 is 1.86 bits per heavy atom. The normalized spacial score (nSPS) is 17.2. The molecule has 1 aliphatic rings. The highest BCUT2D eigenvalue weighted by Crippen LogP contribution is 2.29. The first-order valence-electron chi connectivity index (χ1n) is 5.73. The topological polar surface area (TPSA) is 58.6 Å². The molecule has 0 spiro atoms. The first-order valence-corrected chi connectivity index (χ1v) is 8.29. The fourth-order valence-corrected chi connectivity index (χ4v) is 4.20. The molecule has 0 radical (unpaired) electrons. The molecule has 8 heteroatoms. The van der Waals surface area contributed by atoms with E-state index in [0.717, 1.165) is 18.5 Å². The van der Waals surface area contributed by atoms with Crippen molar-refractivity contribution in [1.82, 2.24) is 10.2 Å². The van der Waals surface area contributed by atoms with Gasteiger partial charge in [0.2, 0.25) is 0 Å². The quantitative estimate of drug-likeness (QED) is 0.277. The van der Waals surface area contributed by atoms with Crippen LogP contribution in [0, 0.1) is 7.14 Å². The number of carbonyl (C=O) groups is 2. The number of hydrogen-bond donors (Lipinski definition) is 1. The van der Waals surface area contributed by atoms with Crippen LogP contribution in [0.25, 0.3) is 6.08 Å². The third kappa shape index (κ3) is 3.37. The van der Waals surface area contributed by atoms with E-state index in [-0.39, 0.29) is 10.7 Å². The first-order chi connectivity index (χ1) is 9.85. The predicted molar refractivity (Wildman–Crippen MR) is 99.9 cm³/mol. The molecule has 0 aromatic heterocycles. The lowest BCUT2D eigenvalue weighted by molar-refractivity contribution is -0.128. The molecular formula is C13H10I2N2O3S. The van der Waals surface area contributed by atoms with Crippen molar-refractivity contribution in [1.29, 1.82) is 0 Å². The van der Waals surface area contributed by atoms with E-state index in [0.29, 0.717) is 0 Å². The van der Waals surface area contributed by atoms with E-state index in [2.05, 4.69) is 50.5 Å². The number of ether oxygens (including phenoxy) is 1. The van der Waals surface area contributed by atoms with Gasteiger partial charge in [-0.15, -0.1) is 0 Å². The van der Waals surface area contributed by atoms with Crippen LogP contribution in [-0.4, -0.2) is 36.0 Å². The lowest BCUT2D eigenvalue weighted by Gasteiger charge is -2.25. The molecule has 1 saturated heterocycles. The maximum absolute atomic E-state index is 12.1. The number of nitrogens with zero attached hydrogens (tertiary/aromatic N) is 1. The molecule has 0 saturated carbocycles. The van der Waals surface area contributed by atoms with Gasteiger partial charge in [0, 0.05) is 7.05 Å². The molecule has 5 nitrogen and oxygen atoms in total. The number of likely N-dealkylation sites (N-methyl/N-ethyl adjacent to an activating group) is 1. The summed E-state index contributed by atoms with van der Waals surface area (Å²) in [6, 6.07) is 3.70. The predicted octanol–water partition coefficient (Wildman–Crippen LogP) is 2.16. The molecule has 1 fully saturated rings. The third-order valence-electron chi connectivity index (χ3n) is 2.84. The van der Waals surface area contributed by atoms with Gasteiger partial charge in [-0.25, -0.2) is 0 Å². The second-order valence-electron chi connectivity index (χ2n) is 4.20. The summed E-state index contributed by atoms with van der Waals surface area (Å²) in [7, 11) is 3.13. The van der Waals surface area contributed by atoms with Gasteiger partial charge in [-0.1, -0.05) is 0 Å². The molecule has 1 aromatic rings. The molecule has 1 heterocycles. The van der Waals surface area contributed by atoms with E-state index in [4.69, 9.17) is 17.0 Å². The highest BCUT2D eigenvalue weighted by molar-refractivity contribution is 14.1. The Morgan fingerprint density at radius 3 is 2.38 bits per heavy atom. The standard InChI is InChI=1S/C13H10I2N2O3S/c1-17-12(19)7(11(18)16-13(17)21)3-6-4-8(14)10(20-2)9(15)5-6/h3-5H,1-2H3,(H,16,18,21)/b7-3+. The molecule has 0 unspecified atom stereocenters. The average molecular weight is 528 g/mol. The van der Waals surface area contributed by atoms with E-state index >= 15 is 0 Å². The number of nitrogens with one attached hydrogen (secondary N) is 1. The Hall–Kier alpha value is -0.750. The van der Waals surface area contributed by atoms with Crippen LogP contribution in [0.15, 0.2) is 17.7 Å². The number of halogens is 2. The van der Waals surface area contributed by atoms with Crippen molar-refractivity contribution in [3.8, 4) is 5.75 Å². The summed E-state index contributed by atoms with van der Waals surface area (Å²) >= 11 is 9.20. The number of benzene rings is 1. The van der Waals surface area contributed by atoms with E-state index in [1.165, 1.54) is 11.9 Å². The van der Waals surface area contributed by atoms with Gasteiger partial charge in [0.15, 0.2) is 5.11 Å². The summed E-state index contributed by atoms with van der Waals surface area (Å²) in [6.07, 6.45) is 1.56. The maximum Gasteiger partial charge on any atom is 0.265 e. The molecule has 0 bridgehead atoms. The molecule has 21 heavy (non-hydrogen) atoms. The zero-order valence-corrected chi connectivity index (χ0v) is 16.2. The molecule has 1 aromatic carbocycles. The minimum absolute atomic E-state index is 0.0582. The fourth-order valence-electron chi connectivity index (χ4n) is 1.77. The molecule has 1 N–H and O–H groups in total. The lowest BCUT2D eigenvalue weighted by Crippen LogP contribution is -2.52. The largest absolute Gasteiger partial charge is 0.495 e. The summed E-state index contributed by atoms with van der Waals surface area (Å²) in [6.45, 7) is 0. The van der Waals surface area contributed by atoms with Crippen LogP contribution in [0.1, 0.15) is 5.56 Å². The Morgan fingerprint density at radius 1 is 1.29 bits per heavy atom. The maximum atomic E-state index is 12.1. The zero-order valence-electron chi connectivity index (χ0n) is 11.1. The van der Waals surface area contributed by atoms with Crippen molar-refractivity contribution >= 4 is 80.4 Å². The Kier molecular flexibility index (Phi) is 5.20. The van der Waals surface area contributed by atoms with Gasteiger partial charge in [-0.05, 0) is 81.2 Å². The Balaban J connectivity index is 2.46. The van der Waals surface area contributed by atoms with E-state index < -0.39 is 11.8 Å². The van der Waals surface area contributed by atoms with Gasteiger partial charge in [0.05, 0.1) is 14.3 Å². The van der Waals surface area contributed by atoms with E-state index in [1.54, 1.807) is 13.2 Å². The van der Waals surface area contributed by atoms with Gasteiger partial charge >= 0.3 is 0 Å². The lowest BCUT2D eigenvalue weighted by atomic mass is 10.1. The van der Waals surface area contributed by atoms with Crippen LogP contribution in [0.2, 0.25) is 0 Å². The number of hydrogen-bond acceptors (Lipinski definition) is 4. The van der Waals surface area contributed by atoms with Crippen molar-refractivity contribution in [3.63, 3.8) is 0 Å². The fraction of sp³-hybridized carbons (Fsp3) is 0.154. The Labute approximate surface area is 154 Å². The summed E-state index contributed by atoms with van der Waals surface area (Å²) in [5.41, 5.74) is 0.812. The highest BCUT2D eigenvalue weighted by Gasteiger charge is 2.30. The van der Waals surface area contributed by atoms with E-state index in [9.17, 15) is 9.59 Å². The molecule has 110 valence electrons. The number of rotatable bonds is 2. The molecule has 0 aliphatic carbocycles. The second-order valence-corrected chi connectivity index (χ2v) is 6.91. The van der Waals surface area contributed by atoms with Crippen LogP contribution in [0.5, 0.6) is 5.75 Å². The van der Waals surface area contributed by atoms with Gasteiger partial charge < -0.3 is 4.74 Å². The molecular weight excluding hydrogens is 518 g/mol. The van der Waals surface area contributed by atoms with Crippen LogP contribution >= 0.6 is 57.4 Å². The van der Waals surface area contributed by atoms with Crippen molar-refractivity contribution in [2.75, 3.05) is 14.2 Å². The van der Waals surface area contributed by atoms with E-state index in [1.807, 2.05) is 12.1 Å². The average Bonchev–Trinajstić information content (AvgIpc) is 2.41. The minimum Gasteiger partial charge on any atom is -0.495 e. The zero-order chi connectivity index (χ0) is 15.7. The second kappa shape index (κ2) is 6.57. The van der Waals surface area contributed by atoms with Gasteiger partial charge in [0.1, 0.15) is 11.3 Å².